The maximum atomic E-state index is 13.1. The van der Waals surface area contributed by atoms with E-state index in [4.69, 9.17) is 0 Å². The van der Waals surface area contributed by atoms with Gasteiger partial charge in [0.1, 0.15) is 11.6 Å². The van der Waals surface area contributed by atoms with Crippen LogP contribution >= 0.6 is 0 Å². The molecule has 0 amide bonds. The fourth-order valence-corrected chi connectivity index (χ4v) is 1.47. The van der Waals surface area contributed by atoms with Crippen LogP contribution in [0.4, 0.5) is 8.78 Å². The van der Waals surface area contributed by atoms with Crippen LogP contribution in [0.5, 0.6) is 0 Å². The van der Waals surface area contributed by atoms with Crippen molar-refractivity contribution in [1.29, 1.82) is 0 Å². The summed E-state index contributed by atoms with van der Waals surface area (Å²) in [6.07, 6.45) is 5.50. The van der Waals surface area contributed by atoms with Crippen LogP contribution < -0.4 is 5.32 Å². The van der Waals surface area contributed by atoms with Gasteiger partial charge in [-0.2, -0.15) is 0 Å². The lowest BCUT2D eigenvalue weighted by Gasteiger charge is -2.26. The Balaban J connectivity index is 2.00. The molecule has 2 rings (SSSR count). The van der Waals surface area contributed by atoms with Crippen molar-refractivity contribution in [3.05, 3.63) is 29.6 Å². The Kier molecular flexibility index (Phi) is 2.72. The van der Waals surface area contributed by atoms with Crippen LogP contribution in [0.15, 0.2) is 12.4 Å². The van der Waals surface area contributed by atoms with E-state index in [-0.39, 0.29) is 12.1 Å². The highest BCUT2D eigenvalue weighted by Gasteiger charge is 2.18. The molecule has 4 heteroatoms. The maximum absolute atomic E-state index is 13.1. The third-order valence-corrected chi connectivity index (χ3v) is 2.63. The van der Waals surface area contributed by atoms with Gasteiger partial charge < -0.3 is 5.32 Å². The number of nitrogens with zero attached hydrogens (tertiary/aromatic N) is 1. The van der Waals surface area contributed by atoms with E-state index in [0.29, 0.717) is 6.04 Å². The summed E-state index contributed by atoms with van der Waals surface area (Å²) < 4.78 is 26.2. The molecule has 0 unspecified atom stereocenters. The molecule has 2 nitrogen and oxygen atoms in total. The average Bonchev–Trinajstić information content (AvgIpc) is 2.07. The molecule has 0 atom stereocenters. The summed E-state index contributed by atoms with van der Waals surface area (Å²) in [5.41, 5.74) is 0.0897. The van der Waals surface area contributed by atoms with E-state index in [1.54, 1.807) is 0 Å². The lowest BCUT2D eigenvalue weighted by atomic mass is 9.93. The van der Waals surface area contributed by atoms with Gasteiger partial charge in [0.25, 0.3) is 0 Å². The van der Waals surface area contributed by atoms with Crippen LogP contribution in [0, 0.1) is 11.6 Å². The van der Waals surface area contributed by atoms with Crippen LogP contribution in [0.3, 0.4) is 0 Å². The molecule has 1 aromatic heterocycles. The summed E-state index contributed by atoms with van der Waals surface area (Å²) in [5, 5.41) is 3.11. The van der Waals surface area contributed by atoms with E-state index >= 15 is 0 Å². The molecule has 14 heavy (non-hydrogen) atoms. The van der Waals surface area contributed by atoms with Crippen molar-refractivity contribution in [2.24, 2.45) is 0 Å². The second-order valence-corrected chi connectivity index (χ2v) is 3.59. The summed E-state index contributed by atoms with van der Waals surface area (Å²) in [7, 11) is 0. The molecule has 0 radical (unpaired) electrons. The molecular formula is C10H12F2N2. The minimum absolute atomic E-state index is 0.0897. The first-order chi connectivity index (χ1) is 6.77. The number of hydrogen-bond acceptors (Lipinski definition) is 2. The Bertz CT molecular complexity index is 304. The summed E-state index contributed by atoms with van der Waals surface area (Å²) in [4.78, 5) is 3.43. The fraction of sp³-hybridized carbons (Fsp3) is 0.500. The first-order valence-corrected chi connectivity index (χ1v) is 4.78. The van der Waals surface area contributed by atoms with Crippen molar-refractivity contribution in [1.82, 2.24) is 10.3 Å². The molecule has 1 fully saturated rings. The molecule has 1 heterocycles. The maximum Gasteiger partial charge on any atom is 0.148 e. The molecule has 0 aromatic carbocycles. The quantitative estimate of drug-likeness (QED) is 0.803. The molecule has 1 N–H and O–H groups in total. The topological polar surface area (TPSA) is 24.9 Å². The number of nitrogens with one attached hydrogen (secondary N) is 1. The van der Waals surface area contributed by atoms with E-state index in [1.807, 2.05) is 0 Å². The van der Waals surface area contributed by atoms with Crippen molar-refractivity contribution >= 4 is 0 Å². The largest absolute Gasteiger partial charge is 0.310 e. The number of pyridine rings is 1. The molecule has 76 valence electrons. The molecule has 1 aliphatic rings. The Hall–Kier alpha value is -1.03. The first kappa shape index (κ1) is 9.52. The van der Waals surface area contributed by atoms with E-state index in [1.165, 1.54) is 6.42 Å². The van der Waals surface area contributed by atoms with Gasteiger partial charge in [0.15, 0.2) is 0 Å². The van der Waals surface area contributed by atoms with Crippen LogP contribution in [0.25, 0.3) is 0 Å². The number of aromatic nitrogens is 1. The molecule has 0 saturated heterocycles. The van der Waals surface area contributed by atoms with Crippen molar-refractivity contribution in [3.63, 3.8) is 0 Å². The van der Waals surface area contributed by atoms with Crippen molar-refractivity contribution in [2.45, 2.75) is 31.8 Å². The smallest absolute Gasteiger partial charge is 0.148 e. The number of halogens is 2. The van der Waals surface area contributed by atoms with Gasteiger partial charge in [0.05, 0.1) is 12.4 Å². The molecule has 1 saturated carbocycles. The first-order valence-electron chi connectivity index (χ1n) is 4.78. The van der Waals surface area contributed by atoms with Gasteiger partial charge in [0, 0.05) is 18.2 Å². The Labute approximate surface area is 81.4 Å². The van der Waals surface area contributed by atoms with E-state index in [2.05, 4.69) is 10.3 Å². The zero-order valence-corrected chi connectivity index (χ0v) is 7.76. The molecule has 0 bridgehead atoms. The Morgan fingerprint density at radius 3 is 2.43 bits per heavy atom. The summed E-state index contributed by atoms with van der Waals surface area (Å²) in [6.45, 7) is 0.255. The van der Waals surface area contributed by atoms with Gasteiger partial charge in [-0.25, -0.2) is 8.78 Å². The van der Waals surface area contributed by atoms with E-state index in [9.17, 15) is 8.78 Å². The lowest BCUT2D eigenvalue weighted by Crippen LogP contribution is -2.35. The van der Waals surface area contributed by atoms with Crippen LogP contribution in [-0.4, -0.2) is 11.0 Å². The second-order valence-electron chi connectivity index (χ2n) is 3.59. The highest BCUT2D eigenvalue weighted by Crippen LogP contribution is 2.19. The van der Waals surface area contributed by atoms with Gasteiger partial charge in [-0.15, -0.1) is 0 Å². The predicted octanol–water partition coefficient (Wildman–Crippen LogP) is 2.00. The zero-order valence-electron chi connectivity index (χ0n) is 7.76. The second kappa shape index (κ2) is 4.00. The van der Waals surface area contributed by atoms with Crippen molar-refractivity contribution in [3.8, 4) is 0 Å². The third kappa shape index (κ3) is 1.90. The number of rotatable bonds is 3. The molecule has 0 aliphatic heterocycles. The summed E-state index contributed by atoms with van der Waals surface area (Å²) in [6, 6.07) is 0.432. The fourth-order valence-electron chi connectivity index (χ4n) is 1.47. The van der Waals surface area contributed by atoms with Gasteiger partial charge in [-0.1, -0.05) is 6.42 Å². The lowest BCUT2D eigenvalue weighted by molar-refractivity contribution is 0.333. The minimum atomic E-state index is -0.572. The van der Waals surface area contributed by atoms with Gasteiger partial charge in [-0.3, -0.25) is 4.98 Å². The van der Waals surface area contributed by atoms with Crippen molar-refractivity contribution < 1.29 is 8.78 Å². The summed E-state index contributed by atoms with van der Waals surface area (Å²) >= 11 is 0. The zero-order chi connectivity index (χ0) is 9.97. The van der Waals surface area contributed by atoms with E-state index in [0.717, 1.165) is 25.2 Å². The third-order valence-electron chi connectivity index (χ3n) is 2.63. The van der Waals surface area contributed by atoms with Crippen LogP contribution in [-0.2, 0) is 6.54 Å². The highest BCUT2D eigenvalue weighted by atomic mass is 19.1. The summed E-state index contributed by atoms with van der Waals surface area (Å²) in [5.74, 6) is -1.14. The molecule has 1 aromatic rings. The average molecular weight is 198 g/mol. The van der Waals surface area contributed by atoms with Crippen LogP contribution in [0.1, 0.15) is 24.8 Å². The molecular weight excluding hydrogens is 186 g/mol. The molecule has 0 spiro atoms. The Morgan fingerprint density at radius 2 is 1.93 bits per heavy atom. The SMILES string of the molecule is Fc1cncc(F)c1CNC1CCC1. The van der Waals surface area contributed by atoms with Gasteiger partial charge >= 0.3 is 0 Å². The van der Waals surface area contributed by atoms with Gasteiger partial charge in [0.2, 0.25) is 0 Å². The van der Waals surface area contributed by atoms with Crippen molar-refractivity contribution in [2.75, 3.05) is 0 Å². The molecule has 1 aliphatic carbocycles. The van der Waals surface area contributed by atoms with Crippen LogP contribution in [0.2, 0.25) is 0 Å². The standard InChI is InChI=1S/C10H12F2N2/c11-9-5-13-6-10(12)8(9)4-14-7-2-1-3-7/h5-7,14H,1-4H2. The Morgan fingerprint density at radius 1 is 1.29 bits per heavy atom. The normalized spacial score (nSPS) is 16.7. The highest BCUT2D eigenvalue weighted by molar-refractivity contribution is 5.14. The predicted molar refractivity (Wildman–Crippen MR) is 48.6 cm³/mol. The monoisotopic (exact) mass is 198 g/mol. The van der Waals surface area contributed by atoms with Gasteiger partial charge in [-0.05, 0) is 12.8 Å². The number of hydrogen-bond donors (Lipinski definition) is 1. The van der Waals surface area contributed by atoms with E-state index < -0.39 is 11.6 Å². The minimum Gasteiger partial charge on any atom is -0.310 e.